The van der Waals surface area contributed by atoms with E-state index in [1.165, 1.54) is 5.56 Å². The number of hydrogen-bond donors (Lipinski definition) is 1. The van der Waals surface area contributed by atoms with E-state index in [4.69, 9.17) is 16.3 Å². The normalized spacial score (nSPS) is 11.8. The number of carbonyl (C=O) groups is 1. The third-order valence-electron chi connectivity index (χ3n) is 3.34. The summed E-state index contributed by atoms with van der Waals surface area (Å²) in [5.41, 5.74) is 2.77. The highest BCUT2D eigenvalue weighted by molar-refractivity contribution is 6.32. The average Bonchev–Trinajstić information content (AvgIpc) is 2.47. The molecule has 0 aliphatic heterocycles. The summed E-state index contributed by atoms with van der Waals surface area (Å²) in [6.07, 6.45) is 0. The van der Waals surface area contributed by atoms with Gasteiger partial charge >= 0.3 is 0 Å². The number of aryl methyl sites for hydroxylation is 1. The molecule has 1 unspecified atom stereocenters. The number of rotatable bonds is 4. The van der Waals surface area contributed by atoms with E-state index in [1.54, 1.807) is 25.3 Å². The minimum Gasteiger partial charge on any atom is -0.495 e. The maximum atomic E-state index is 12.2. The molecular weight excluding hydrogens is 286 g/mol. The molecule has 2 aromatic rings. The minimum absolute atomic E-state index is 0.0704. The number of benzene rings is 2. The van der Waals surface area contributed by atoms with Crippen LogP contribution in [0.4, 0.5) is 0 Å². The van der Waals surface area contributed by atoms with Gasteiger partial charge in [0.05, 0.1) is 18.2 Å². The van der Waals surface area contributed by atoms with Crippen LogP contribution in [0.1, 0.15) is 34.5 Å². The van der Waals surface area contributed by atoms with E-state index >= 15 is 0 Å². The molecule has 0 aromatic heterocycles. The van der Waals surface area contributed by atoms with Crippen molar-refractivity contribution in [2.24, 2.45) is 0 Å². The molecule has 1 amide bonds. The third-order valence-corrected chi connectivity index (χ3v) is 3.63. The van der Waals surface area contributed by atoms with Crippen molar-refractivity contribution < 1.29 is 9.53 Å². The molecule has 0 aliphatic carbocycles. The van der Waals surface area contributed by atoms with Crippen LogP contribution in [0.15, 0.2) is 42.5 Å². The molecule has 110 valence electrons. The lowest BCUT2D eigenvalue weighted by molar-refractivity contribution is 0.0940. The van der Waals surface area contributed by atoms with Crippen LogP contribution < -0.4 is 10.1 Å². The number of halogens is 1. The molecule has 0 saturated heterocycles. The lowest BCUT2D eigenvalue weighted by Gasteiger charge is -2.15. The predicted molar refractivity (Wildman–Crippen MR) is 85.1 cm³/mol. The van der Waals surface area contributed by atoms with Crippen molar-refractivity contribution in [2.45, 2.75) is 19.9 Å². The monoisotopic (exact) mass is 303 g/mol. The third kappa shape index (κ3) is 3.76. The zero-order valence-corrected chi connectivity index (χ0v) is 13.1. The Morgan fingerprint density at radius 2 is 1.86 bits per heavy atom. The number of methoxy groups -OCH3 is 1. The van der Waals surface area contributed by atoms with Gasteiger partial charge < -0.3 is 10.1 Å². The largest absolute Gasteiger partial charge is 0.495 e. The van der Waals surface area contributed by atoms with Gasteiger partial charge in [-0.15, -0.1) is 0 Å². The van der Waals surface area contributed by atoms with E-state index in [0.717, 1.165) is 5.56 Å². The second-order valence-electron chi connectivity index (χ2n) is 4.96. The molecule has 3 nitrogen and oxygen atoms in total. The van der Waals surface area contributed by atoms with Gasteiger partial charge in [0.2, 0.25) is 0 Å². The van der Waals surface area contributed by atoms with E-state index in [-0.39, 0.29) is 11.9 Å². The zero-order chi connectivity index (χ0) is 15.4. The van der Waals surface area contributed by atoms with Crippen LogP contribution in [0, 0.1) is 6.92 Å². The molecule has 1 N–H and O–H groups in total. The van der Waals surface area contributed by atoms with Gasteiger partial charge in [0, 0.05) is 5.56 Å². The summed E-state index contributed by atoms with van der Waals surface area (Å²) >= 11 is 6.04. The first-order valence-corrected chi connectivity index (χ1v) is 7.10. The van der Waals surface area contributed by atoms with Crippen molar-refractivity contribution in [2.75, 3.05) is 7.11 Å². The van der Waals surface area contributed by atoms with Gasteiger partial charge in [-0.05, 0) is 37.6 Å². The number of nitrogens with one attached hydrogen (secondary N) is 1. The van der Waals surface area contributed by atoms with E-state index < -0.39 is 0 Å². The Balaban J connectivity index is 2.10. The highest BCUT2D eigenvalue weighted by Gasteiger charge is 2.13. The standard InChI is InChI=1S/C17H18ClNO2/c1-11-4-6-13(7-5-11)12(2)19-17(20)14-8-9-16(21-3)15(18)10-14/h4-10,12H,1-3H3,(H,19,20). The number of ether oxygens (including phenoxy) is 1. The first kappa shape index (κ1) is 15.4. The average molecular weight is 304 g/mol. The van der Waals surface area contributed by atoms with Crippen LogP contribution in [0.5, 0.6) is 5.75 Å². The van der Waals surface area contributed by atoms with Crippen molar-refractivity contribution in [1.29, 1.82) is 0 Å². The van der Waals surface area contributed by atoms with Gasteiger partial charge in [0.25, 0.3) is 5.91 Å². The van der Waals surface area contributed by atoms with Crippen LogP contribution in [-0.2, 0) is 0 Å². The van der Waals surface area contributed by atoms with Gasteiger partial charge in [-0.25, -0.2) is 0 Å². The van der Waals surface area contributed by atoms with Crippen molar-refractivity contribution in [3.8, 4) is 5.75 Å². The Labute approximate surface area is 129 Å². The Morgan fingerprint density at radius 3 is 2.43 bits per heavy atom. The maximum absolute atomic E-state index is 12.2. The summed E-state index contributed by atoms with van der Waals surface area (Å²) in [5, 5.41) is 3.38. The van der Waals surface area contributed by atoms with E-state index in [9.17, 15) is 4.79 Å². The molecule has 0 aliphatic rings. The second-order valence-corrected chi connectivity index (χ2v) is 5.36. The van der Waals surface area contributed by atoms with Gasteiger partial charge in [0.15, 0.2) is 0 Å². The highest BCUT2D eigenvalue weighted by Crippen LogP contribution is 2.25. The predicted octanol–water partition coefficient (Wildman–Crippen LogP) is 4.15. The van der Waals surface area contributed by atoms with Gasteiger partial charge in [-0.1, -0.05) is 41.4 Å². The first-order chi connectivity index (χ1) is 10.0. The lowest BCUT2D eigenvalue weighted by Crippen LogP contribution is -2.26. The van der Waals surface area contributed by atoms with Gasteiger partial charge in [0.1, 0.15) is 5.75 Å². The van der Waals surface area contributed by atoms with Crippen LogP contribution in [-0.4, -0.2) is 13.0 Å². The summed E-state index contributed by atoms with van der Waals surface area (Å²) in [7, 11) is 1.54. The van der Waals surface area contributed by atoms with Crippen LogP contribution in [0.3, 0.4) is 0 Å². The van der Waals surface area contributed by atoms with E-state index in [2.05, 4.69) is 5.32 Å². The van der Waals surface area contributed by atoms with Crippen LogP contribution in [0.2, 0.25) is 5.02 Å². The Hall–Kier alpha value is -2.00. The summed E-state index contributed by atoms with van der Waals surface area (Å²) in [4.78, 5) is 12.2. The molecule has 0 saturated carbocycles. The molecule has 0 spiro atoms. The van der Waals surface area contributed by atoms with E-state index in [0.29, 0.717) is 16.3 Å². The number of amides is 1. The molecule has 0 fully saturated rings. The molecule has 0 heterocycles. The SMILES string of the molecule is COc1ccc(C(=O)NC(C)c2ccc(C)cc2)cc1Cl. The molecule has 21 heavy (non-hydrogen) atoms. The summed E-state index contributed by atoms with van der Waals surface area (Å²) < 4.78 is 5.08. The van der Waals surface area contributed by atoms with Crippen LogP contribution in [0.25, 0.3) is 0 Å². The maximum Gasteiger partial charge on any atom is 0.251 e. The highest BCUT2D eigenvalue weighted by atomic mass is 35.5. The van der Waals surface area contributed by atoms with Crippen molar-refractivity contribution >= 4 is 17.5 Å². The molecule has 2 aromatic carbocycles. The summed E-state index contributed by atoms with van der Waals surface area (Å²) in [6.45, 7) is 3.99. The van der Waals surface area contributed by atoms with Crippen molar-refractivity contribution in [3.05, 3.63) is 64.2 Å². The Bertz CT molecular complexity index is 638. The molecular formula is C17H18ClNO2. The smallest absolute Gasteiger partial charge is 0.251 e. The quantitative estimate of drug-likeness (QED) is 0.921. The van der Waals surface area contributed by atoms with Crippen molar-refractivity contribution in [3.63, 3.8) is 0 Å². The fourth-order valence-corrected chi connectivity index (χ4v) is 2.28. The fraction of sp³-hybridized carbons (Fsp3) is 0.235. The van der Waals surface area contributed by atoms with Gasteiger partial charge in [-0.2, -0.15) is 0 Å². The number of carbonyl (C=O) groups excluding carboxylic acids is 1. The first-order valence-electron chi connectivity index (χ1n) is 6.72. The summed E-state index contributed by atoms with van der Waals surface area (Å²) in [5.74, 6) is 0.396. The van der Waals surface area contributed by atoms with E-state index in [1.807, 2.05) is 38.1 Å². The fourth-order valence-electron chi connectivity index (χ4n) is 2.03. The summed E-state index contributed by atoms with van der Waals surface area (Å²) in [6, 6.07) is 13.0. The van der Waals surface area contributed by atoms with Crippen molar-refractivity contribution in [1.82, 2.24) is 5.32 Å². The Morgan fingerprint density at radius 1 is 1.19 bits per heavy atom. The Kier molecular flexibility index (Phi) is 4.86. The molecule has 0 bridgehead atoms. The molecule has 0 radical (unpaired) electrons. The minimum atomic E-state index is -0.160. The molecule has 1 atom stereocenters. The second kappa shape index (κ2) is 6.64. The lowest BCUT2D eigenvalue weighted by atomic mass is 10.1. The van der Waals surface area contributed by atoms with Crippen LogP contribution >= 0.6 is 11.6 Å². The topological polar surface area (TPSA) is 38.3 Å². The molecule has 2 rings (SSSR count). The zero-order valence-electron chi connectivity index (χ0n) is 12.3. The van der Waals surface area contributed by atoms with Gasteiger partial charge in [-0.3, -0.25) is 4.79 Å². The number of hydrogen-bond acceptors (Lipinski definition) is 2. The molecule has 4 heteroatoms.